The van der Waals surface area contributed by atoms with Gasteiger partial charge in [-0.2, -0.15) is 0 Å². The van der Waals surface area contributed by atoms with Crippen LogP contribution in [0.15, 0.2) is 23.7 Å². The predicted octanol–water partition coefficient (Wildman–Crippen LogP) is 3.20. The molecule has 0 saturated heterocycles. The van der Waals surface area contributed by atoms with E-state index in [-0.39, 0.29) is 17.2 Å². The number of amides is 3. The highest BCUT2D eigenvalue weighted by molar-refractivity contribution is 7.20. The third kappa shape index (κ3) is 3.70. The highest BCUT2D eigenvalue weighted by Crippen LogP contribution is 2.27. The number of aryl methyl sites for hydroxylation is 1. The quantitative estimate of drug-likeness (QED) is 0.708. The monoisotopic (exact) mass is 390 g/mol. The largest absolute Gasteiger partial charge is 0.450 e. The molecule has 0 bridgehead atoms. The zero-order chi connectivity index (χ0) is 18.7. The highest BCUT2D eigenvalue weighted by Gasteiger charge is 2.20. The van der Waals surface area contributed by atoms with E-state index in [1.807, 2.05) is 6.92 Å². The third-order valence-electron chi connectivity index (χ3n) is 3.31. The first kappa shape index (κ1) is 18.0. The predicted molar refractivity (Wildman–Crippen MR) is 98.9 cm³/mol. The first-order chi connectivity index (χ1) is 12.5. The lowest BCUT2D eigenvalue weighted by molar-refractivity contribution is 0.0926. The standard InChI is InChI=1S/C16H14N4O4S2/c1-3-24-16(23)20-12(21)9-5-7-25-14(9)19-13(22)15-18-11-8(2)17-6-4-10(11)26-15/h4-7H,3H2,1-2H3,(H,19,22)(H,20,21,23). The van der Waals surface area contributed by atoms with E-state index in [1.54, 1.807) is 24.6 Å². The molecule has 0 saturated carbocycles. The number of pyridine rings is 1. The van der Waals surface area contributed by atoms with Crippen molar-refractivity contribution in [3.8, 4) is 0 Å². The molecule has 0 fully saturated rings. The molecule has 0 aliphatic rings. The fraction of sp³-hybridized carbons (Fsp3) is 0.188. The number of fused-ring (bicyclic) bond motifs is 1. The maximum absolute atomic E-state index is 12.5. The van der Waals surface area contributed by atoms with Crippen molar-refractivity contribution in [3.05, 3.63) is 40.0 Å². The van der Waals surface area contributed by atoms with Crippen molar-refractivity contribution in [2.45, 2.75) is 13.8 Å². The third-order valence-corrected chi connectivity index (χ3v) is 5.16. The lowest BCUT2D eigenvalue weighted by atomic mass is 10.3. The Kier molecular flexibility index (Phi) is 5.24. The minimum absolute atomic E-state index is 0.151. The number of rotatable bonds is 4. The van der Waals surface area contributed by atoms with Crippen molar-refractivity contribution in [2.24, 2.45) is 0 Å². The molecule has 0 aliphatic heterocycles. The molecule has 3 rings (SSSR count). The van der Waals surface area contributed by atoms with Crippen LogP contribution in [-0.2, 0) is 4.74 Å². The van der Waals surface area contributed by atoms with Crippen LogP contribution in [0.1, 0.15) is 32.8 Å². The van der Waals surface area contributed by atoms with E-state index in [0.717, 1.165) is 10.4 Å². The van der Waals surface area contributed by atoms with E-state index >= 15 is 0 Å². The van der Waals surface area contributed by atoms with Gasteiger partial charge in [-0.1, -0.05) is 0 Å². The van der Waals surface area contributed by atoms with Crippen molar-refractivity contribution in [1.82, 2.24) is 15.3 Å². The number of anilines is 1. The molecule has 0 aromatic carbocycles. The van der Waals surface area contributed by atoms with Gasteiger partial charge in [0.15, 0.2) is 5.01 Å². The Bertz CT molecular complexity index is 995. The van der Waals surface area contributed by atoms with E-state index in [9.17, 15) is 14.4 Å². The van der Waals surface area contributed by atoms with E-state index in [0.29, 0.717) is 10.5 Å². The summed E-state index contributed by atoms with van der Waals surface area (Å²) >= 11 is 2.41. The summed E-state index contributed by atoms with van der Waals surface area (Å²) in [7, 11) is 0. The van der Waals surface area contributed by atoms with Gasteiger partial charge in [0.2, 0.25) is 0 Å². The van der Waals surface area contributed by atoms with E-state index < -0.39 is 17.9 Å². The van der Waals surface area contributed by atoms with Crippen LogP contribution in [0.5, 0.6) is 0 Å². The summed E-state index contributed by atoms with van der Waals surface area (Å²) in [5.41, 5.74) is 1.59. The van der Waals surface area contributed by atoms with Crippen molar-refractivity contribution in [2.75, 3.05) is 11.9 Å². The van der Waals surface area contributed by atoms with Crippen LogP contribution < -0.4 is 10.6 Å². The van der Waals surface area contributed by atoms with Gasteiger partial charge in [-0.3, -0.25) is 19.9 Å². The van der Waals surface area contributed by atoms with Gasteiger partial charge in [-0.15, -0.1) is 22.7 Å². The number of nitrogens with one attached hydrogen (secondary N) is 2. The molecular weight excluding hydrogens is 376 g/mol. The van der Waals surface area contributed by atoms with Gasteiger partial charge >= 0.3 is 6.09 Å². The molecule has 3 heterocycles. The summed E-state index contributed by atoms with van der Waals surface area (Å²) in [6, 6.07) is 3.31. The van der Waals surface area contributed by atoms with Gasteiger partial charge in [0.05, 0.1) is 22.6 Å². The zero-order valence-electron chi connectivity index (χ0n) is 13.9. The topological polar surface area (TPSA) is 110 Å². The molecule has 2 N–H and O–H groups in total. The molecule has 0 aliphatic carbocycles. The molecule has 134 valence electrons. The Labute approximate surface area is 156 Å². The number of carbonyl (C=O) groups excluding carboxylic acids is 3. The second-order valence-corrected chi connectivity index (χ2v) is 7.00. The summed E-state index contributed by atoms with van der Waals surface area (Å²) in [6.45, 7) is 3.61. The molecule has 0 radical (unpaired) electrons. The number of aromatic nitrogens is 2. The zero-order valence-corrected chi connectivity index (χ0v) is 15.5. The van der Waals surface area contributed by atoms with Gasteiger partial charge in [0.25, 0.3) is 11.8 Å². The number of carbonyl (C=O) groups is 3. The SMILES string of the molecule is CCOC(=O)NC(=O)c1ccsc1NC(=O)c1nc2c(C)nccc2s1. The molecule has 10 heteroatoms. The number of hydrogen-bond donors (Lipinski definition) is 2. The molecule has 0 spiro atoms. The molecule has 0 unspecified atom stereocenters. The number of nitrogens with zero attached hydrogens (tertiary/aromatic N) is 2. The van der Waals surface area contributed by atoms with Crippen LogP contribution in [0.3, 0.4) is 0 Å². The fourth-order valence-corrected chi connectivity index (χ4v) is 3.84. The maximum Gasteiger partial charge on any atom is 0.414 e. The Morgan fingerprint density at radius 3 is 2.77 bits per heavy atom. The number of thiophene rings is 1. The Morgan fingerprint density at radius 2 is 2.04 bits per heavy atom. The van der Waals surface area contributed by atoms with Crippen molar-refractivity contribution in [3.63, 3.8) is 0 Å². The lowest BCUT2D eigenvalue weighted by Crippen LogP contribution is -2.31. The van der Waals surface area contributed by atoms with Gasteiger partial charge < -0.3 is 10.1 Å². The van der Waals surface area contributed by atoms with Crippen LogP contribution in [0.2, 0.25) is 0 Å². The summed E-state index contributed by atoms with van der Waals surface area (Å²) in [6.07, 6.45) is 0.823. The molecule has 3 amide bonds. The summed E-state index contributed by atoms with van der Waals surface area (Å²) < 4.78 is 5.53. The van der Waals surface area contributed by atoms with Crippen molar-refractivity contribution in [1.29, 1.82) is 0 Å². The maximum atomic E-state index is 12.5. The fourth-order valence-electron chi connectivity index (χ4n) is 2.15. The number of thiazole rings is 1. The van der Waals surface area contributed by atoms with Gasteiger partial charge in [-0.25, -0.2) is 9.78 Å². The van der Waals surface area contributed by atoms with Gasteiger partial charge in [-0.05, 0) is 31.4 Å². The van der Waals surface area contributed by atoms with E-state index in [4.69, 9.17) is 0 Å². The molecule has 8 nitrogen and oxygen atoms in total. The number of hydrogen-bond acceptors (Lipinski definition) is 8. The molecule has 26 heavy (non-hydrogen) atoms. The average Bonchev–Trinajstić information content (AvgIpc) is 3.22. The van der Waals surface area contributed by atoms with E-state index in [2.05, 4.69) is 25.3 Å². The van der Waals surface area contributed by atoms with Crippen LogP contribution in [0, 0.1) is 6.92 Å². The number of ether oxygens (including phenoxy) is 1. The van der Waals surface area contributed by atoms with Crippen LogP contribution in [-0.4, -0.2) is 34.5 Å². The number of imide groups is 1. The highest BCUT2D eigenvalue weighted by atomic mass is 32.1. The van der Waals surface area contributed by atoms with Gasteiger partial charge in [0, 0.05) is 6.20 Å². The van der Waals surface area contributed by atoms with Crippen LogP contribution in [0.4, 0.5) is 9.80 Å². The Hall–Kier alpha value is -2.85. The molecule has 3 aromatic rings. The molecular formula is C16H14N4O4S2. The summed E-state index contributed by atoms with van der Waals surface area (Å²) in [5.74, 6) is -1.08. The lowest BCUT2D eigenvalue weighted by Gasteiger charge is -2.06. The second kappa shape index (κ2) is 7.58. The van der Waals surface area contributed by atoms with Crippen LogP contribution >= 0.6 is 22.7 Å². The Morgan fingerprint density at radius 1 is 1.23 bits per heavy atom. The van der Waals surface area contributed by atoms with Crippen LogP contribution in [0.25, 0.3) is 10.2 Å². The minimum atomic E-state index is -0.838. The second-order valence-electron chi connectivity index (χ2n) is 5.05. The summed E-state index contributed by atoms with van der Waals surface area (Å²) in [4.78, 5) is 44.5. The molecule has 0 atom stereocenters. The Balaban J connectivity index is 1.77. The summed E-state index contributed by atoms with van der Waals surface area (Å²) in [5, 5.41) is 7.00. The smallest absolute Gasteiger partial charge is 0.414 e. The molecule has 3 aromatic heterocycles. The minimum Gasteiger partial charge on any atom is -0.450 e. The average molecular weight is 390 g/mol. The normalized spacial score (nSPS) is 10.5. The first-order valence-corrected chi connectivity index (χ1v) is 9.28. The first-order valence-electron chi connectivity index (χ1n) is 7.58. The van der Waals surface area contributed by atoms with Crippen molar-refractivity contribution >= 4 is 55.8 Å². The van der Waals surface area contributed by atoms with Gasteiger partial charge in [0.1, 0.15) is 10.5 Å². The number of alkyl carbamates (subject to hydrolysis) is 1. The van der Waals surface area contributed by atoms with Crippen molar-refractivity contribution < 1.29 is 19.1 Å². The van der Waals surface area contributed by atoms with E-state index in [1.165, 1.54) is 28.7 Å².